The number of hydrogen-bond donors (Lipinski definition) is 1. The van der Waals surface area contributed by atoms with Crippen LogP contribution in [0.1, 0.15) is 6.92 Å². The Balaban J connectivity index is 2.14. The highest BCUT2D eigenvalue weighted by Crippen LogP contribution is 2.21. The fourth-order valence-corrected chi connectivity index (χ4v) is 2.04. The van der Waals surface area contributed by atoms with Crippen molar-refractivity contribution in [3.63, 3.8) is 0 Å². The van der Waals surface area contributed by atoms with Crippen LogP contribution in [-0.2, 0) is 0 Å². The second kappa shape index (κ2) is 4.64. The minimum Gasteiger partial charge on any atom is -0.381 e. The van der Waals surface area contributed by atoms with Gasteiger partial charge in [0.05, 0.1) is 15.7 Å². The van der Waals surface area contributed by atoms with Crippen LogP contribution >= 0.6 is 22.9 Å². The predicted octanol–water partition coefficient (Wildman–Crippen LogP) is 3.85. The third-order valence-electron chi connectivity index (χ3n) is 2.09. The molecule has 15 heavy (non-hydrogen) atoms. The van der Waals surface area contributed by atoms with Gasteiger partial charge in [0.2, 0.25) is 0 Å². The molecule has 0 saturated heterocycles. The van der Waals surface area contributed by atoms with Crippen molar-refractivity contribution in [1.82, 2.24) is 4.98 Å². The molecule has 0 radical (unpaired) electrons. The Morgan fingerprint density at radius 2 is 2.47 bits per heavy atom. The van der Waals surface area contributed by atoms with E-state index in [1.807, 2.05) is 24.6 Å². The number of fused-ring (bicyclic) bond motifs is 1. The van der Waals surface area contributed by atoms with Crippen molar-refractivity contribution in [3.05, 3.63) is 34.8 Å². The van der Waals surface area contributed by atoms with E-state index in [4.69, 9.17) is 11.6 Å². The third-order valence-corrected chi connectivity index (χ3v) is 3.25. The molecular weight excluding hydrogens is 228 g/mol. The Hall–Kier alpha value is -1.06. The fraction of sp³-hybridized carbons (Fsp3) is 0.182. The summed E-state index contributed by atoms with van der Waals surface area (Å²) < 4.78 is 1.20. The number of anilines is 1. The summed E-state index contributed by atoms with van der Waals surface area (Å²) in [4.78, 5) is 4.23. The lowest BCUT2D eigenvalue weighted by atomic mass is 10.3. The first kappa shape index (κ1) is 10.5. The molecule has 78 valence electrons. The number of aromatic nitrogens is 1. The smallest absolute Gasteiger partial charge is 0.0813 e. The van der Waals surface area contributed by atoms with Crippen molar-refractivity contribution in [2.75, 3.05) is 11.9 Å². The van der Waals surface area contributed by atoms with Crippen LogP contribution in [0.2, 0.25) is 0 Å². The fourth-order valence-electron chi connectivity index (χ4n) is 1.25. The maximum atomic E-state index is 5.59. The van der Waals surface area contributed by atoms with Crippen LogP contribution in [0.5, 0.6) is 0 Å². The van der Waals surface area contributed by atoms with E-state index in [2.05, 4.69) is 16.4 Å². The van der Waals surface area contributed by atoms with Crippen molar-refractivity contribution in [3.8, 4) is 0 Å². The van der Waals surface area contributed by atoms with Crippen molar-refractivity contribution in [2.45, 2.75) is 6.92 Å². The molecule has 0 spiro atoms. The Morgan fingerprint density at radius 3 is 3.27 bits per heavy atom. The number of nitrogens with zero attached hydrogens (tertiary/aromatic N) is 1. The predicted molar refractivity (Wildman–Crippen MR) is 67.7 cm³/mol. The summed E-state index contributed by atoms with van der Waals surface area (Å²) in [6, 6.07) is 6.16. The van der Waals surface area contributed by atoms with E-state index in [9.17, 15) is 0 Å². The number of thiazole rings is 1. The minimum absolute atomic E-state index is 0.772. The lowest BCUT2D eigenvalue weighted by Gasteiger charge is -2.05. The van der Waals surface area contributed by atoms with Crippen LogP contribution in [-0.4, -0.2) is 11.5 Å². The maximum Gasteiger partial charge on any atom is 0.0813 e. The molecule has 0 atom stereocenters. The van der Waals surface area contributed by atoms with Crippen LogP contribution in [0.25, 0.3) is 10.2 Å². The van der Waals surface area contributed by atoms with E-state index in [0.29, 0.717) is 0 Å². The number of benzene rings is 1. The Morgan fingerprint density at radius 1 is 1.60 bits per heavy atom. The zero-order valence-electron chi connectivity index (χ0n) is 8.33. The summed E-state index contributed by atoms with van der Waals surface area (Å²) in [6.07, 6.45) is 0. The summed E-state index contributed by atoms with van der Waals surface area (Å²) in [7, 11) is 0. The van der Waals surface area contributed by atoms with Gasteiger partial charge in [-0.3, -0.25) is 0 Å². The van der Waals surface area contributed by atoms with Crippen molar-refractivity contribution >= 4 is 38.8 Å². The summed E-state index contributed by atoms with van der Waals surface area (Å²) >= 11 is 7.24. The normalized spacial score (nSPS) is 12.0. The maximum absolute atomic E-state index is 5.59. The van der Waals surface area contributed by atoms with Gasteiger partial charge in [0.1, 0.15) is 0 Å². The third kappa shape index (κ3) is 2.49. The second-order valence-electron chi connectivity index (χ2n) is 3.34. The zero-order valence-corrected chi connectivity index (χ0v) is 9.90. The van der Waals surface area contributed by atoms with E-state index in [0.717, 1.165) is 23.3 Å². The summed E-state index contributed by atoms with van der Waals surface area (Å²) in [5.41, 5.74) is 6.72. The van der Waals surface area contributed by atoms with Crippen molar-refractivity contribution in [1.29, 1.82) is 0 Å². The van der Waals surface area contributed by atoms with Crippen LogP contribution in [0.15, 0.2) is 34.8 Å². The quantitative estimate of drug-likeness (QED) is 0.879. The highest BCUT2D eigenvalue weighted by Gasteiger charge is 1.98. The number of hydrogen-bond acceptors (Lipinski definition) is 3. The van der Waals surface area contributed by atoms with Gasteiger partial charge in [0.25, 0.3) is 0 Å². The van der Waals surface area contributed by atoms with E-state index in [1.54, 1.807) is 16.9 Å². The lowest BCUT2D eigenvalue weighted by molar-refractivity contribution is 1.21. The van der Waals surface area contributed by atoms with Crippen molar-refractivity contribution < 1.29 is 0 Å². The minimum atomic E-state index is 0.772. The molecule has 0 bridgehead atoms. The Kier molecular flexibility index (Phi) is 3.23. The largest absolute Gasteiger partial charge is 0.381 e. The summed E-state index contributed by atoms with van der Waals surface area (Å²) in [5.74, 6) is 0. The molecule has 0 unspecified atom stereocenters. The van der Waals surface area contributed by atoms with Gasteiger partial charge in [0, 0.05) is 17.8 Å². The van der Waals surface area contributed by atoms with E-state index in [1.165, 1.54) is 4.70 Å². The molecule has 2 nitrogen and oxygen atoms in total. The molecular formula is C11H11ClN2S. The van der Waals surface area contributed by atoms with Gasteiger partial charge in [-0.15, -0.1) is 11.3 Å². The monoisotopic (exact) mass is 238 g/mol. The number of nitrogens with one attached hydrogen (secondary N) is 1. The highest BCUT2D eigenvalue weighted by atomic mass is 35.5. The van der Waals surface area contributed by atoms with Gasteiger partial charge in [-0.25, -0.2) is 4.98 Å². The zero-order chi connectivity index (χ0) is 10.7. The molecule has 0 aliphatic heterocycles. The van der Waals surface area contributed by atoms with Gasteiger partial charge in [-0.2, -0.15) is 0 Å². The van der Waals surface area contributed by atoms with Crippen molar-refractivity contribution in [2.24, 2.45) is 0 Å². The topological polar surface area (TPSA) is 24.9 Å². The van der Waals surface area contributed by atoms with E-state index >= 15 is 0 Å². The molecule has 0 amide bonds. The molecule has 1 heterocycles. The highest BCUT2D eigenvalue weighted by molar-refractivity contribution is 7.16. The Bertz CT molecular complexity index is 490. The molecule has 0 aliphatic carbocycles. The van der Waals surface area contributed by atoms with Gasteiger partial charge in [-0.1, -0.05) is 11.6 Å². The molecule has 0 saturated carbocycles. The molecule has 0 fully saturated rings. The first-order chi connectivity index (χ1) is 7.29. The van der Waals surface area contributed by atoms with E-state index in [-0.39, 0.29) is 0 Å². The molecule has 1 N–H and O–H groups in total. The summed E-state index contributed by atoms with van der Waals surface area (Å²) in [5, 5.41) is 3.30. The number of halogens is 1. The van der Waals surface area contributed by atoms with Crippen LogP contribution in [0.4, 0.5) is 5.69 Å². The average molecular weight is 239 g/mol. The molecule has 1 aromatic carbocycles. The molecule has 2 rings (SSSR count). The first-order valence-electron chi connectivity index (χ1n) is 4.62. The van der Waals surface area contributed by atoms with Crippen LogP contribution in [0, 0.1) is 0 Å². The van der Waals surface area contributed by atoms with E-state index < -0.39 is 0 Å². The summed E-state index contributed by atoms with van der Waals surface area (Å²) in [6.45, 7) is 2.76. The van der Waals surface area contributed by atoms with Gasteiger partial charge >= 0.3 is 0 Å². The van der Waals surface area contributed by atoms with Gasteiger partial charge in [-0.05, 0) is 30.7 Å². The Labute approximate surface area is 97.6 Å². The van der Waals surface area contributed by atoms with Gasteiger partial charge < -0.3 is 5.32 Å². The average Bonchev–Trinajstić information content (AvgIpc) is 2.72. The lowest BCUT2D eigenvalue weighted by Crippen LogP contribution is -2.01. The first-order valence-corrected chi connectivity index (χ1v) is 5.94. The van der Waals surface area contributed by atoms with Crippen LogP contribution < -0.4 is 5.32 Å². The molecule has 4 heteroatoms. The van der Waals surface area contributed by atoms with Crippen LogP contribution in [0.3, 0.4) is 0 Å². The standard InChI is InChI=1S/C11H11ClN2S/c1-8(5-12)6-13-9-2-3-10-11(4-9)15-7-14-10/h2-5,7,13H,6H2,1H3/b8-5-. The molecule has 1 aromatic heterocycles. The molecule has 0 aliphatic rings. The molecule has 2 aromatic rings. The second-order valence-corrected chi connectivity index (χ2v) is 4.45. The number of rotatable bonds is 3. The van der Waals surface area contributed by atoms with Gasteiger partial charge in [0.15, 0.2) is 0 Å². The SMILES string of the molecule is C/C(=C/Cl)CNc1ccc2ncsc2c1.